The molecule has 5 heteroatoms. The van der Waals surface area contributed by atoms with Crippen LogP contribution >= 0.6 is 11.6 Å². The van der Waals surface area contributed by atoms with Crippen molar-refractivity contribution in [1.29, 1.82) is 0 Å². The van der Waals surface area contributed by atoms with Crippen molar-refractivity contribution in [2.24, 2.45) is 0 Å². The highest BCUT2D eigenvalue weighted by atomic mass is 35.5. The van der Waals surface area contributed by atoms with Crippen molar-refractivity contribution in [3.63, 3.8) is 0 Å². The Balaban J connectivity index is 1.53. The van der Waals surface area contributed by atoms with Crippen LogP contribution in [-0.2, 0) is 6.54 Å². The molecule has 2 aliphatic heterocycles. The van der Waals surface area contributed by atoms with E-state index in [4.69, 9.17) is 11.6 Å². The number of fused-ring (bicyclic) bond motifs is 1. The molecular weight excluding hydrogens is 308 g/mol. The lowest BCUT2D eigenvalue weighted by atomic mass is 10.0. The molecule has 2 atom stereocenters. The lowest BCUT2D eigenvalue weighted by molar-refractivity contribution is 0.0541. The Bertz CT molecular complexity index is 666. The molecule has 3 heterocycles. The van der Waals surface area contributed by atoms with Gasteiger partial charge in [-0.3, -0.25) is 14.9 Å². The highest BCUT2D eigenvalue weighted by Gasteiger charge is 2.34. The minimum Gasteiger partial charge on any atom is -0.298 e. The molecule has 0 aliphatic carbocycles. The lowest BCUT2D eigenvalue weighted by Crippen LogP contribution is -2.54. The molecule has 0 unspecified atom stereocenters. The van der Waals surface area contributed by atoms with Gasteiger partial charge in [0.1, 0.15) is 0 Å². The summed E-state index contributed by atoms with van der Waals surface area (Å²) in [5.41, 5.74) is 3.53. The fourth-order valence-corrected chi connectivity index (χ4v) is 4.11. The Morgan fingerprint density at radius 3 is 2.91 bits per heavy atom. The number of benzene rings is 1. The maximum atomic E-state index is 6.00. The molecule has 0 amide bonds. The molecule has 4 rings (SSSR count). The van der Waals surface area contributed by atoms with Crippen LogP contribution in [-0.4, -0.2) is 51.7 Å². The van der Waals surface area contributed by atoms with Crippen molar-refractivity contribution in [3.8, 4) is 11.3 Å². The summed E-state index contributed by atoms with van der Waals surface area (Å²) in [6.45, 7) is 6.95. The number of nitrogens with zero attached hydrogens (tertiary/aromatic N) is 3. The third-order valence-corrected chi connectivity index (χ3v) is 5.54. The molecule has 4 nitrogen and oxygen atoms in total. The van der Waals surface area contributed by atoms with Gasteiger partial charge in [0.25, 0.3) is 0 Å². The molecule has 2 aliphatic rings. The third kappa shape index (κ3) is 3.03. The molecule has 1 aromatic carbocycles. The average molecular weight is 331 g/mol. The van der Waals surface area contributed by atoms with Gasteiger partial charge in [-0.05, 0) is 44.0 Å². The van der Waals surface area contributed by atoms with Crippen molar-refractivity contribution in [3.05, 3.63) is 41.0 Å². The maximum absolute atomic E-state index is 6.00. The van der Waals surface area contributed by atoms with Gasteiger partial charge in [-0.1, -0.05) is 23.7 Å². The summed E-state index contributed by atoms with van der Waals surface area (Å²) >= 11 is 6.00. The van der Waals surface area contributed by atoms with E-state index in [0.717, 1.165) is 28.9 Å². The summed E-state index contributed by atoms with van der Waals surface area (Å²) < 4.78 is 0. The molecule has 122 valence electrons. The number of nitrogens with one attached hydrogen (secondary N) is 1. The topological polar surface area (TPSA) is 35.2 Å². The highest BCUT2D eigenvalue weighted by Crippen LogP contribution is 2.28. The van der Waals surface area contributed by atoms with Crippen LogP contribution in [0.5, 0.6) is 0 Å². The standard InChI is InChI=1S/C18H23ClN4/c1-13-10-22-8-2-3-17(22)12-23(13)11-15-9-20-21-18(15)14-4-6-16(19)7-5-14/h4-7,9,13,17H,2-3,8,10-12H2,1H3,(H,20,21)/t13-,17+/m1/s1. The first kappa shape index (κ1) is 15.2. The Kier molecular flexibility index (Phi) is 4.14. The molecule has 0 bridgehead atoms. The number of rotatable bonds is 3. The quantitative estimate of drug-likeness (QED) is 0.936. The minimum atomic E-state index is 0.595. The van der Waals surface area contributed by atoms with Gasteiger partial charge in [-0.25, -0.2) is 0 Å². The van der Waals surface area contributed by atoms with Crippen LogP contribution in [0.3, 0.4) is 0 Å². The van der Waals surface area contributed by atoms with Gasteiger partial charge in [-0.15, -0.1) is 0 Å². The number of hydrogen-bond acceptors (Lipinski definition) is 3. The van der Waals surface area contributed by atoms with Crippen molar-refractivity contribution in [1.82, 2.24) is 20.0 Å². The predicted molar refractivity (Wildman–Crippen MR) is 93.5 cm³/mol. The van der Waals surface area contributed by atoms with Crippen LogP contribution in [0.4, 0.5) is 0 Å². The van der Waals surface area contributed by atoms with Crippen LogP contribution in [0, 0.1) is 0 Å². The van der Waals surface area contributed by atoms with E-state index in [1.54, 1.807) is 0 Å². The van der Waals surface area contributed by atoms with E-state index in [9.17, 15) is 0 Å². The first-order valence-corrected chi connectivity index (χ1v) is 8.85. The summed E-state index contributed by atoms with van der Waals surface area (Å²) in [5, 5.41) is 8.21. The van der Waals surface area contributed by atoms with E-state index in [1.807, 2.05) is 18.3 Å². The van der Waals surface area contributed by atoms with E-state index < -0.39 is 0 Å². The molecule has 2 saturated heterocycles. The van der Waals surface area contributed by atoms with Crippen LogP contribution in [0.2, 0.25) is 5.02 Å². The molecule has 23 heavy (non-hydrogen) atoms. The maximum Gasteiger partial charge on any atom is 0.0695 e. The van der Waals surface area contributed by atoms with Gasteiger partial charge in [0.05, 0.1) is 11.9 Å². The number of halogens is 1. The van der Waals surface area contributed by atoms with E-state index in [-0.39, 0.29) is 0 Å². The fraction of sp³-hybridized carbons (Fsp3) is 0.500. The van der Waals surface area contributed by atoms with Gasteiger partial charge < -0.3 is 0 Å². The predicted octanol–water partition coefficient (Wildman–Crippen LogP) is 3.40. The zero-order valence-corrected chi connectivity index (χ0v) is 14.3. The molecule has 0 saturated carbocycles. The SMILES string of the molecule is C[C@@H]1CN2CCC[C@H]2CN1Cc1cn[nH]c1-c1ccc(Cl)cc1. The molecule has 0 spiro atoms. The number of aromatic amines is 1. The molecule has 1 aromatic heterocycles. The molecule has 0 radical (unpaired) electrons. The van der Waals surface area contributed by atoms with Crippen LogP contribution < -0.4 is 0 Å². The number of hydrogen-bond donors (Lipinski definition) is 1. The third-order valence-electron chi connectivity index (χ3n) is 5.29. The average Bonchev–Trinajstić information content (AvgIpc) is 3.17. The van der Waals surface area contributed by atoms with Gasteiger partial charge in [0.15, 0.2) is 0 Å². The second-order valence-corrected chi connectivity index (χ2v) is 7.28. The zero-order valence-electron chi connectivity index (χ0n) is 13.5. The van der Waals surface area contributed by atoms with Crippen molar-refractivity contribution in [2.45, 2.75) is 38.4 Å². The van der Waals surface area contributed by atoms with Gasteiger partial charge in [0, 0.05) is 42.3 Å². The zero-order chi connectivity index (χ0) is 15.8. The van der Waals surface area contributed by atoms with E-state index >= 15 is 0 Å². The van der Waals surface area contributed by atoms with Crippen molar-refractivity contribution >= 4 is 11.6 Å². The number of H-pyrrole nitrogens is 1. The van der Waals surface area contributed by atoms with Gasteiger partial charge >= 0.3 is 0 Å². The summed E-state index contributed by atoms with van der Waals surface area (Å²) in [6.07, 6.45) is 4.67. The first-order valence-electron chi connectivity index (χ1n) is 8.47. The minimum absolute atomic E-state index is 0.595. The first-order chi connectivity index (χ1) is 11.2. The second kappa shape index (κ2) is 6.27. The van der Waals surface area contributed by atoms with E-state index in [2.05, 4.69) is 39.1 Å². The number of aromatic nitrogens is 2. The van der Waals surface area contributed by atoms with Gasteiger partial charge in [-0.2, -0.15) is 5.10 Å². The Labute approximate surface area is 142 Å². The molecular formula is C18H23ClN4. The summed E-state index contributed by atoms with van der Waals surface area (Å²) in [6, 6.07) is 9.31. The van der Waals surface area contributed by atoms with E-state index in [0.29, 0.717) is 6.04 Å². The summed E-state index contributed by atoms with van der Waals surface area (Å²) in [5.74, 6) is 0. The Morgan fingerprint density at radius 2 is 2.09 bits per heavy atom. The second-order valence-electron chi connectivity index (χ2n) is 6.85. The van der Waals surface area contributed by atoms with Crippen LogP contribution in [0.25, 0.3) is 11.3 Å². The monoisotopic (exact) mass is 330 g/mol. The largest absolute Gasteiger partial charge is 0.298 e. The van der Waals surface area contributed by atoms with E-state index in [1.165, 1.54) is 38.0 Å². The number of piperazine rings is 1. The smallest absolute Gasteiger partial charge is 0.0695 e. The normalized spacial score (nSPS) is 25.7. The summed E-state index contributed by atoms with van der Waals surface area (Å²) in [4.78, 5) is 5.27. The Morgan fingerprint density at radius 1 is 1.26 bits per heavy atom. The van der Waals surface area contributed by atoms with Gasteiger partial charge in [0.2, 0.25) is 0 Å². The fourth-order valence-electron chi connectivity index (χ4n) is 3.98. The molecule has 2 fully saturated rings. The Hall–Kier alpha value is -1.36. The highest BCUT2D eigenvalue weighted by molar-refractivity contribution is 6.30. The lowest BCUT2D eigenvalue weighted by Gasteiger charge is -2.42. The van der Waals surface area contributed by atoms with Crippen LogP contribution in [0.15, 0.2) is 30.5 Å². The van der Waals surface area contributed by atoms with Crippen LogP contribution in [0.1, 0.15) is 25.3 Å². The van der Waals surface area contributed by atoms with Crippen molar-refractivity contribution < 1.29 is 0 Å². The van der Waals surface area contributed by atoms with Crippen molar-refractivity contribution in [2.75, 3.05) is 19.6 Å². The summed E-state index contributed by atoms with van der Waals surface area (Å²) in [7, 11) is 0. The molecule has 1 N–H and O–H groups in total. The molecule has 2 aromatic rings.